The van der Waals surface area contributed by atoms with Crippen molar-refractivity contribution in [2.24, 2.45) is 0 Å². The number of hydrogen-bond donors (Lipinski definition) is 6. The number of unbranched alkanes of at least 4 members (excludes halogenated alkanes) is 18. The molecule has 276 valence electrons. The van der Waals surface area contributed by atoms with E-state index in [-0.39, 0.29) is 12.5 Å². The lowest BCUT2D eigenvalue weighted by Crippen LogP contribution is -2.60. The fourth-order valence-electron chi connectivity index (χ4n) is 5.88. The largest absolute Gasteiger partial charge is 0.394 e. The molecule has 0 aliphatic carbocycles. The molecule has 9 heteroatoms. The van der Waals surface area contributed by atoms with Gasteiger partial charge in [-0.15, -0.1) is 0 Å². The fourth-order valence-corrected chi connectivity index (χ4v) is 5.88. The van der Waals surface area contributed by atoms with Crippen LogP contribution in [0.2, 0.25) is 0 Å². The first-order chi connectivity index (χ1) is 22.8. The van der Waals surface area contributed by atoms with Gasteiger partial charge in [0.1, 0.15) is 24.4 Å². The molecular weight excluding hydrogens is 598 g/mol. The van der Waals surface area contributed by atoms with E-state index in [1.54, 1.807) is 6.08 Å². The Morgan fingerprint density at radius 1 is 0.702 bits per heavy atom. The van der Waals surface area contributed by atoms with E-state index in [1.807, 2.05) is 6.08 Å². The number of carbonyl (C=O) groups is 1. The van der Waals surface area contributed by atoms with Crippen LogP contribution in [0, 0.1) is 0 Å². The van der Waals surface area contributed by atoms with Gasteiger partial charge in [-0.05, 0) is 32.1 Å². The molecule has 1 amide bonds. The molecule has 1 saturated heterocycles. The van der Waals surface area contributed by atoms with Crippen LogP contribution in [0.1, 0.15) is 155 Å². The molecule has 0 bridgehead atoms. The van der Waals surface area contributed by atoms with E-state index < -0.39 is 49.5 Å². The zero-order valence-corrected chi connectivity index (χ0v) is 29.8. The minimum absolute atomic E-state index is 0.198. The standard InChI is InChI=1S/C38H71NO8/c1-3-5-7-9-11-12-13-14-15-16-17-18-19-20-21-22-23-25-27-32(41)31(39-34(42)28-26-24-10-8-6-4-2)30-46-38-37(45)36(44)35(43)33(29-40)47-38/h20-21,25,27,31-33,35-38,40-41,43-45H,3-19,22-24,26,28-30H2,1-2H3,(H,39,42)/b21-20+,27-25+. The van der Waals surface area contributed by atoms with Crippen LogP contribution < -0.4 is 5.32 Å². The maximum Gasteiger partial charge on any atom is 0.220 e. The van der Waals surface area contributed by atoms with Gasteiger partial charge in [-0.25, -0.2) is 0 Å². The molecule has 6 N–H and O–H groups in total. The van der Waals surface area contributed by atoms with Crippen molar-refractivity contribution in [2.75, 3.05) is 13.2 Å². The van der Waals surface area contributed by atoms with Crippen molar-refractivity contribution in [3.63, 3.8) is 0 Å². The third kappa shape index (κ3) is 21.4. The second-order valence-corrected chi connectivity index (χ2v) is 13.4. The highest BCUT2D eigenvalue weighted by Crippen LogP contribution is 2.22. The number of ether oxygens (including phenoxy) is 2. The average molecular weight is 670 g/mol. The topological polar surface area (TPSA) is 149 Å². The Balaban J connectivity index is 2.41. The summed E-state index contributed by atoms with van der Waals surface area (Å²) in [7, 11) is 0. The molecule has 0 saturated carbocycles. The van der Waals surface area contributed by atoms with Crippen LogP contribution in [0.15, 0.2) is 24.3 Å². The van der Waals surface area contributed by atoms with Crippen LogP contribution in [0.4, 0.5) is 0 Å². The monoisotopic (exact) mass is 670 g/mol. The lowest BCUT2D eigenvalue weighted by Gasteiger charge is -2.40. The van der Waals surface area contributed by atoms with Gasteiger partial charge in [-0.1, -0.05) is 141 Å². The first kappa shape index (κ1) is 43.7. The number of carbonyl (C=O) groups excluding carboxylic acids is 1. The highest BCUT2D eigenvalue weighted by atomic mass is 16.7. The van der Waals surface area contributed by atoms with Crippen LogP contribution in [0.3, 0.4) is 0 Å². The van der Waals surface area contributed by atoms with Gasteiger partial charge >= 0.3 is 0 Å². The normalized spacial score (nSPS) is 23.1. The van der Waals surface area contributed by atoms with Crippen LogP contribution in [0.25, 0.3) is 0 Å². The van der Waals surface area contributed by atoms with E-state index in [1.165, 1.54) is 83.5 Å². The number of aliphatic hydroxyl groups excluding tert-OH is 5. The van der Waals surface area contributed by atoms with Gasteiger partial charge in [-0.2, -0.15) is 0 Å². The summed E-state index contributed by atoms with van der Waals surface area (Å²) in [6.07, 6.45) is 25.4. The van der Waals surface area contributed by atoms with Crippen molar-refractivity contribution in [1.29, 1.82) is 0 Å². The Labute approximate surface area is 286 Å². The van der Waals surface area contributed by atoms with Gasteiger partial charge in [-0.3, -0.25) is 4.79 Å². The predicted molar refractivity (Wildman–Crippen MR) is 189 cm³/mol. The second-order valence-electron chi connectivity index (χ2n) is 13.4. The third-order valence-corrected chi connectivity index (χ3v) is 9.03. The van der Waals surface area contributed by atoms with Crippen molar-refractivity contribution in [3.8, 4) is 0 Å². The SMILES string of the molecule is CCCCCCCCCCCCCC/C=C/CC/C=C/C(O)C(COC1OC(CO)C(O)C(O)C1O)NC(=O)CCCCCCCC. The van der Waals surface area contributed by atoms with Crippen molar-refractivity contribution in [3.05, 3.63) is 24.3 Å². The molecule has 0 aromatic rings. The van der Waals surface area contributed by atoms with Crippen LogP contribution in [-0.4, -0.2) is 87.5 Å². The van der Waals surface area contributed by atoms with E-state index in [0.717, 1.165) is 51.4 Å². The fraction of sp³-hybridized carbons (Fsp3) is 0.868. The van der Waals surface area contributed by atoms with Crippen molar-refractivity contribution in [2.45, 2.75) is 198 Å². The zero-order chi connectivity index (χ0) is 34.5. The summed E-state index contributed by atoms with van der Waals surface area (Å²) in [5.74, 6) is -0.198. The second kappa shape index (κ2) is 29.6. The first-order valence-corrected chi connectivity index (χ1v) is 19.1. The molecule has 7 atom stereocenters. The summed E-state index contributed by atoms with van der Waals surface area (Å²) in [6, 6.07) is -0.812. The van der Waals surface area contributed by atoms with Gasteiger partial charge < -0.3 is 40.3 Å². The predicted octanol–water partition coefficient (Wildman–Crippen LogP) is 6.38. The van der Waals surface area contributed by atoms with E-state index >= 15 is 0 Å². The molecule has 0 aromatic carbocycles. The smallest absolute Gasteiger partial charge is 0.220 e. The van der Waals surface area contributed by atoms with Crippen LogP contribution >= 0.6 is 0 Å². The summed E-state index contributed by atoms with van der Waals surface area (Å²) in [4.78, 5) is 12.7. The van der Waals surface area contributed by atoms with Crippen LogP contribution in [-0.2, 0) is 14.3 Å². The molecule has 0 radical (unpaired) electrons. The molecule has 1 rings (SSSR count). The molecule has 1 aliphatic heterocycles. The zero-order valence-electron chi connectivity index (χ0n) is 29.8. The molecule has 9 nitrogen and oxygen atoms in total. The summed E-state index contributed by atoms with van der Waals surface area (Å²) in [5.41, 5.74) is 0. The average Bonchev–Trinajstić information content (AvgIpc) is 3.07. The number of nitrogens with one attached hydrogen (secondary N) is 1. The number of hydrogen-bond acceptors (Lipinski definition) is 8. The maximum absolute atomic E-state index is 12.7. The molecule has 0 spiro atoms. The summed E-state index contributed by atoms with van der Waals surface area (Å²) < 4.78 is 11.1. The molecule has 1 fully saturated rings. The minimum atomic E-state index is -1.57. The molecule has 1 aliphatic rings. The van der Waals surface area contributed by atoms with Gasteiger partial charge in [0.25, 0.3) is 0 Å². The molecule has 1 heterocycles. The Morgan fingerprint density at radius 2 is 1.21 bits per heavy atom. The van der Waals surface area contributed by atoms with Crippen molar-refractivity contribution >= 4 is 5.91 Å². The summed E-state index contributed by atoms with van der Waals surface area (Å²) in [5, 5.41) is 53.6. The first-order valence-electron chi connectivity index (χ1n) is 19.1. The van der Waals surface area contributed by atoms with Crippen molar-refractivity contribution in [1.82, 2.24) is 5.32 Å². The highest BCUT2D eigenvalue weighted by molar-refractivity contribution is 5.76. The number of allylic oxidation sites excluding steroid dienone is 3. The summed E-state index contributed by atoms with van der Waals surface area (Å²) in [6.45, 7) is 3.66. The number of rotatable bonds is 30. The number of aliphatic hydroxyl groups is 5. The van der Waals surface area contributed by atoms with E-state index in [4.69, 9.17) is 9.47 Å². The lowest BCUT2D eigenvalue weighted by atomic mass is 9.99. The van der Waals surface area contributed by atoms with E-state index in [0.29, 0.717) is 6.42 Å². The summed E-state index contributed by atoms with van der Waals surface area (Å²) >= 11 is 0. The van der Waals surface area contributed by atoms with E-state index in [9.17, 15) is 30.3 Å². The van der Waals surface area contributed by atoms with Gasteiger partial charge in [0.2, 0.25) is 5.91 Å². The van der Waals surface area contributed by atoms with Gasteiger partial charge in [0.05, 0.1) is 25.4 Å². The Kier molecular flexibility index (Phi) is 27.5. The molecule has 0 aromatic heterocycles. The molecular formula is C38H71NO8. The molecule has 7 unspecified atom stereocenters. The highest BCUT2D eigenvalue weighted by Gasteiger charge is 2.44. The Morgan fingerprint density at radius 3 is 1.79 bits per heavy atom. The van der Waals surface area contributed by atoms with Crippen molar-refractivity contribution < 1.29 is 39.8 Å². The van der Waals surface area contributed by atoms with E-state index in [2.05, 4.69) is 31.3 Å². The minimum Gasteiger partial charge on any atom is -0.394 e. The lowest BCUT2D eigenvalue weighted by molar-refractivity contribution is -0.302. The Bertz CT molecular complexity index is 792. The maximum atomic E-state index is 12.7. The quantitative estimate of drug-likeness (QED) is 0.0381. The molecule has 47 heavy (non-hydrogen) atoms. The van der Waals surface area contributed by atoms with Gasteiger partial charge in [0, 0.05) is 6.42 Å². The third-order valence-electron chi connectivity index (χ3n) is 9.03. The Hall–Kier alpha value is -1.33. The number of amides is 1. The van der Waals surface area contributed by atoms with Gasteiger partial charge in [0.15, 0.2) is 6.29 Å². The van der Waals surface area contributed by atoms with Crippen LogP contribution in [0.5, 0.6) is 0 Å².